The number of hydrogen-bond donors (Lipinski definition) is 0. The molecule has 1 heterocycles. The van der Waals surface area contributed by atoms with E-state index in [1.54, 1.807) is 0 Å². The van der Waals surface area contributed by atoms with Crippen molar-refractivity contribution in [3.63, 3.8) is 0 Å². The van der Waals surface area contributed by atoms with Gasteiger partial charge in [0.25, 0.3) is 0 Å². The normalized spacial score (nSPS) is 23.9. The molecule has 1 saturated heterocycles. The zero-order chi connectivity index (χ0) is 20.6. The fraction of sp³-hybridized carbons (Fsp3) is 0.538. The van der Waals surface area contributed by atoms with E-state index in [0.29, 0.717) is 11.5 Å². The van der Waals surface area contributed by atoms with Crippen LogP contribution < -0.4 is 0 Å². The lowest BCUT2D eigenvalue weighted by molar-refractivity contribution is 0.0776. The summed E-state index contributed by atoms with van der Waals surface area (Å²) in [7, 11) is 2.19. The minimum Gasteiger partial charge on any atom is -0.373 e. The van der Waals surface area contributed by atoms with Crippen LogP contribution in [0.5, 0.6) is 0 Å². The molecule has 3 nitrogen and oxygen atoms in total. The second kappa shape index (κ2) is 8.63. The average molecular weight is 425 g/mol. The van der Waals surface area contributed by atoms with Gasteiger partial charge in [-0.15, -0.1) is 0 Å². The van der Waals surface area contributed by atoms with Crippen LogP contribution in [0.15, 0.2) is 42.5 Å². The highest BCUT2D eigenvalue weighted by atomic mass is 35.5. The number of halogens is 1. The van der Waals surface area contributed by atoms with Gasteiger partial charge in [-0.1, -0.05) is 60.8 Å². The minimum absolute atomic E-state index is 0.502. The number of benzene rings is 2. The number of ether oxygens (including phenoxy) is 1. The van der Waals surface area contributed by atoms with Crippen molar-refractivity contribution in [3.05, 3.63) is 58.6 Å². The van der Waals surface area contributed by atoms with E-state index in [9.17, 15) is 0 Å². The van der Waals surface area contributed by atoms with Crippen molar-refractivity contribution >= 4 is 11.6 Å². The van der Waals surface area contributed by atoms with Crippen LogP contribution in [-0.2, 0) is 17.9 Å². The van der Waals surface area contributed by atoms with Crippen molar-refractivity contribution in [2.75, 3.05) is 33.2 Å². The zero-order valence-electron chi connectivity index (χ0n) is 18.1. The Morgan fingerprint density at radius 1 is 0.967 bits per heavy atom. The first-order valence-electron chi connectivity index (χ1n) is 11.5. The van der Waals surface area contributed by atoms with Crippen molar-refractivity contribution < 1.29 is 4.74 Å². The molecule has 0 radical (unpaired) electrons. The Bertz CT molecular complexity index is 867. The van der Waals surface area contributed by atoms with Crippen LogP contribution in [-0.4, -0.2) is 49.1 Å². The van der Waals surface area contributed by atoms with Crippen LogP contribution in [0.4, 0.5) is 0 Å². The molecule has 2 aliphatic carbocycles. The van der Waals surface area contributed by atoms with Crippen molar-refractivity contribution in [3.8, 4) is 11.1 Å². The first kappa shape index (κ1) is 20.5. The quantitative estimate of drug-likeness (QED) is 0.599. The van der Waals surface area contributed by atoms with E-state index < -0.39 is 0 Å². The lowest BCUT2D eigenvalue weighted by atomic mass is 10.0. The summed E-state index contributed by atoms with van der Waals surface area (Å²) in [5, 5.41) is 0.840. The molecule has 2 aromatic carbocycles. The molecule has 0 amide bonds. The Kier molecular flexibility index (Phi) is 5.90. The SMILES string of the molecule is CN1CCN(Cc2ccc(-c3ccc(COC4CC45CCCC5)cc3)c(Cl)c2)CC1. The Morgan fingerprint density at radius 3 is 2.37 bits per heavy atom. The summed E-state index contributed by atoms with van der Waals surface area (Å²) in [6, 6.07) is 15.3. The highest BCUT2D eigenvalue weighted by Crippen LogP contribution is 2.59. The summed E-state index contributed by atoms with van der Waals surface area (Å²) < 4.78 is 6.21. The molecule has 160 valence electrons. The van der Waals surface area contributed by atoms with Gasteiger partial charge in [0.1, 0.15) is 0 Å². The monoisotopic (exact) mass is 424 g/mol. The molecule has 2 saturated carbocycles. The smallest absolute Gasteiger partial charge is 0.0720 e. The van der Waals surface area contributed by atoms with E-state index >= 15 is 0 Å². The van der Waals surface area contributed by atoms with Gasteiger partial charge in [0, 0.05) is 43.3 Å². The van der Waals surface area contributed by atoms with Gasteiger partial charge in [-0.3, -0.25) is 4.90 Å². The molecule has 0 N–H and O–H groups in total. The van der Waals surface area contributed by atoms with Crippen molar-refractivity contribution in [1.82, 2.24) is 9.80 Å². The van der Waals surface area contributed by atoms with Crippen LogP contribution >= 0.6 is 11.6 Å². The van der Waals surface area contributed by atoms with E-state index in [2.05, 4.69) is 59.3 Å². The minimum atomic E-state index is 0.502. The molecule has 3 fully saturated rings. The molecule has 0 bridgehead atoms. The maximum absolute atomic E-state index is 6.67. The van der Waals surface area contributed by atoms with Crippen LogP contribution in [0.3, 0.4) is 0 Å². The largest absolute Gasteiger partial charge is 0.373 e. The van der Waals surface area contributed by atoms with Gasteiger partial charge in [-0.25, -0.2) is 0 Å². The fourth-order valence-electron chi connectivity index (χ4n) is 5.28. The van der Waals surface area contributed by atoms with Crippen LogP contribution in [0.2, 0.25) is 5.02 Å². The summed E-state index contributed by atoms with van der Waals surface area (Å²) in [5.41, 5.74) is 5.39. The maximum atomic E-state index is 6.67. The molecule has 1 atom stereocenters. The molecular formula is C26H33ClN2O. The highest BCUT2D eigenvalue weighted by molar-refractivity contribution is 6.33. The number of rotatable bonds is 6. The predicted molar refractivity (Wildman–Crippen MR) is 124 cm³/mol. The van der Waals surface area contributed by atoms with Gasteiger partial charge < -0.3 is 9.64 Å². The lowest BCUT2D eigenvalue weighted by Crippen LogP contribution is -2.43. The third-order valence-corrected chi connectivity index (χ3v) is 7.78. The van der Waals surface area contributed by atoms with Gasteiger partial charge in [-0.05, 0) is 54.5 Å². The summed E-state index contributed by atoms with van der Waals surface area (Å²) >= 11 is 6.67. The summed E-state index contributed by atoms with van der Waals surface area (Å²) in [5.74, 6) is 0. The number of likely N-dealkylation sites (N-methyl/N-ethyl adjacent to an activating group) is 1. The van der Waals surface area contributed by atoms with E-state index in [1.165, 1.54) is 48.8 Å². The molecule has 1 spiro atoms. The maximum Gasteiger partial charge on any atom is 0.0720 e. The van der Waals surface area contributed by atoms with Gasteiger partial charge in [0.2, 0.25) is 0 Å². The number of hydrogen-bond acceptors (Lipinski definition) is 3. The summed E-state index contributed by atoms with van der Waals surface area (Å²) in [6.45, 7) is 6.24. The second-order valence-corrected chi connectivity index (χ2v) is 10.1. The van der Waals surface area contributed by atoms with Crippen LogP contribution in [0.1, 0.15) is 43.2 Å². The Morgan fingerprint density at radius 2 is 1.67 bits per heavy atom. The number of nitrogens with zero attached hydrogens (tertiary/aromatic N) is 2. The molecule has 2 aromatic rings. The zero-order valence-corrected chi connectivity index (χ0v) is 18.8. The molecule has 0 aromatic heterocycles. The Balaban J connectivity index is 1.18. The van der Waals surface area contributed by atoms with Crippen molar-refractivity contribution in [2.24, 2.45) is 5.41 Å². The summed E-state index contributed by atoms with van der Waals surface area (Å²) in [6.07, 6.45) is 7.32. The standard InChI is InChI=1S/C26H33ClN2O/c1-28-12-14-29(15-13-28)18-21-6-9-23(24(27)16-21)22-7-4-20(5-8-22)19-30-25-17-26(25)10-2-3-11-26/h4-9,16,25H,2-3,10-15,17-19H2,1H3. The molecular weight excluding hydrogens is 392 g/mol. The Labute approximate surface area is 186 Å². The first-order chi connectivity index (χ1) is 14.6. The van der Waals surface area contributed by atoms with Gasteiger partial charge in [0.15, 0.2) is 0 Å². The first-order valence-corrected chi connectivity index (χ1v) is 11.9. The van der Waals surface area contributed by atoms with Gasteiger partial charge in [-0.2, -0.15) is 0 Å². The third-order valence-electron chi connectivity index (χ3n) is 7.47. The average Bonchev–Trinajstić information content (AvgIpc) is 3.21. The third kappa shape index (κ3) is 4.45. The van der Waals surface area contributed by atoms with Gasteiger partial charge >= 0.3 is 0 Å². The molecule has 3 aliphatic rings. The second-order valence-electron chi connectivity index (χ2n) is 9.66. The fourth-order valence-corrected chi connectivity index (χ4v) is 5.60. The van der Waals surface area contributed by atoms with Crippen LogP contribution in [0, 0.1) is 5.41 Å². The van der Waals surface area contributed by atoms with Crippen LogP contribution in [0.25, 0.3) is 11.1 Å². The van der Waals surface area contributed by atoms with Crippen molar-refractivity contribution in [2.45, 2.75) is 51.4 Å². The molecule has 1 aliphatic heterocycles. The summed E-state index contributed by atoms with van der Waals surface area (Å²) in [4.78, 5) is 4.90. The predicted octanol–water partition coefficient (Wildman–Crippen LogP) is 5.60. The molecule has 30 heavy (non-hydrogen) atoms. The van der Waals surface area contributed by atoms with E-state index in [0.717, 1.165) is 49.9 Å². The van der Waals surface area contributed by atoms with Crippen molar-refractivity contribution in [1.29, 1.82) is 0 Å². The molecule has 5 rings (SSSR count). The topological polar surface area (TPSA) is 15.7 Å². The highest BCUT2D eigenvalue weighted by Gasteiger charge is 2.55. The molecule has 4 heteroatoms. The van der Waals surface area contributed by atoms with E-state index in [4.69, 9.17) is 16.3 Å². The van der Waals surface area contributed by atoms with E-state index in [-0.39, 0.29) is 0 Å². The van der Waals surface area contributed by atoms with Gasteiger partial charge in [0.05, 0.1) is 12.7 Å². The lowest BCUT2D eigenvalue weighted by Gasteiger charge is -2.32. The van der Waals surface area contributed by atoms with E-state index in [1.807, 2.05) is 0 Å². The Hall–Kier alpha value is -1.39. The molecule has 1 unspecified atom stereocenters. The number of piperazine rings is 1.